The Morgan fingerprint density at radius 1 is 1.58 bits per heavy atom. The zero-order valence-corrected chi connectivity index (χ0v) is 6.95. The number of pyridine rings is 1. The lowest BCUT2D eigenvalue weighted by Crippen LogP contribution is -2.30. The standard InChI is InChI=1S/C8H11N3O/c1-11-4-2-7(3-5-11)6-10-8(9)12/h2-5H,6H2,1H3,(H2-,9,10,12)/p+1. The Balaban J connectivity index is 2.53. The van der Waals surface area contributed by atoms with E-state index in [9.17, 15) is 4.79 Å². The number of carbonyl (C=O) groups excluding carboxylic acids is 1. The highest BCUT2D eigenvalue weighted by Crippen LogP contribution is 1.92. The van der Waals surface area contributed by atoms with Crippen LogP contribution in [0.2, 0.25) is 0 Å². The van der Waals surface area contributed by atoms with Crippen molar-refractivity contribution in [1.29, 1.82) is 0 Å². The molecule has 1 rings (SSSR count). The van der Waals surface area contributed by atoms with E-state index in [1.807, 2.05) is 36.1 Å². The third-order valence-electron chi connectivity index (χ3n) is 1.51. The lowest BCUT2D eigenvalue weighted by molar-refractivity contribution is -0.671. The molecule has 1 aromatic heterocycles. The fourth-order valence-corrected chi connectivity index (χ4v) is 0.839. The number of hydrogen-bond donors (Lipinski definition) is 2. The van der Waals surface area contributed by atoms with Crippen molar-refractivity contribution in [2.24, 2.45) is 12.8 Å². The molecular formula is C8H12N3O+. The largest absolute Gasteiger partial charge is 0.352 e. The fraction of sp³-hybridized carbons (Fsp3) is 0.250. The third kappa shape index (κ3) is 2.57. The quantitative estimate of drug-likeness (QED) is 0.581. The average Bonchev–Trinajstić information content (AvgIpc) is 2.03. The average molecular weight is 166 g/mol. The van der Waals surface area contributed by atoms with Gasteiger partial charge in [0.05, 0.1) is 0 Å². The van der Waals surface area contributed by atoms with Crippen LogP contribution in [0.15, 0.2) is 24.5 Å². The summed E-state index contributed by atoms with van der Waals surface area (Å²) >= 11 is 0. The zero-order valence-electron chi connectivity index (χ0n) is 6.95. The lowest BCUT2D eigenvalue weighted by atomic mass is 10.3. The second kappa shape index (κ2) is 3.71. The van der Waals surface area contributed by atoms with Crippen LogP contribution in [-0.2, 0) is 13.6 Å². The summed E-state index contributed by atoms with van der Waals surface area (Å²) in [6, 6.07) is 3.36. The molecule has 0 saturated carbocycles. The van der Waals surface area contributed by atoms with Gasteiger partial charge in [0, 0.05) is 18.7 Å². The topological polar surface area (TPSA) is 59.0 Å². The van der Waals surface area contributed by atoms with Crippen molar-refractivity contribution in [2.75, 3.05) is 0 Å². The summed E-state index contributed by atoms with van der Waals surface area (Å²) < 4.78 is 1.92. The van der Waals surface area contributed by atoms with Gasteiger partial charge in [0.15, 0.2) is 12.4 Å². The van der Waals surface area contributed by atoms with E-state index in [1.54, 1.807) is 0 Å². The fourth-order valence-electron chi connectivity index (χ4n) is 0.839. The smallest absolute Gasteiger partial charge is 0.312 e. The van der Waals surface area contributed by atoms with Crippen LogP contribution in [0.1, 0.15) is 5.56 Å². The Morgan fingerprint density at radius 2 is 2.17 bits per heavy atom. The molecule has 3 N–H and O–H groups in total. The van der Waals surface area contributed by atoms with Crippen molar-refractivity contribution in [3.8, 4) is 0 Å². The maximum Gasteiger partial charge on any atom is 0.312 e. The zero-order chi connectivity index (χ0) is 8.97. The first kappa shape index (κ1) is 8.52. The number of aryl methyl sites for hydroxylation is 1. The monoisotopic (exact) mass is 166 g/mol. The van der Waals surface area contributed by atoms with Crippen LogP contribution in [0.25, 0.3) is 0 Å². The van der Waals surface area contributed by atoms with Crippen molar-refractivity contribution >= 4 is 6.03 Å². The lowest BCUT2D eigenvalue weighted by Gasteiger charge is -1.99. The highest BCUT2D eigenvalue weighted by atomic mass is 16.2. The molecule has 12 heavy (non-hydrogen) atoms. The maximum atomic E-state index is 10.3. The molecular weight excluding hydrogens is 154 g/mol. The summed E-state index contributed by atoms with van der Waals surface area (Å²) in [5.41, 5.74) is 5.95. The molecule has 0 unspecified atom stereocenters. The molecule has 0 bridgehead atoms. The predicted octanol–water partition coefficient (Wildman–Crippen LogP) is -0.321. The number of urea groups is 1. The number of hydrogen-bond acceptors (Lipinski definition) is 1. The van der Waals surface area contributed by atoms with E-state index in [4.69, 9.17) is 5.73 Å². The van der Waals surface area contributed by atoms with E-state index in [1.165, 1.54) is 0 Å². The van der Waals surface area contributed by atoms with E-state index in [0.29, 0.717) is 6.54 Å². The van der Waals surface area contributed by atoms with Gasteiger partial charge in [-0.3, -0.25) is 0 Å². The van der Waals surface area contributed by atoms with Crippen LogP contribution in [-0.4, -0.2) is 6.03 Å². The molecule has 0 radical (unpaired) electrons. The van der Waals surface area contributed by atoms with Gasteiger partial charge in [-0.2, -0.15) is 0 Å². The highest BCUT2D eigenvalue weighted by Gasteiger charge is 1.96. The highest BCUT2D eigenvalue weighted by molar-refractivity contribution is 5.71. The van der Waals surface area contributed by atoms with Crippen molar-refractivity contribution in [3.05, 3.63) is 30.1 Å². The molecule has 0 aliphatic rings. The van der Waals surface area contributed by atoms with Gasteiger partial charge in [0.1, 0.15) is 7.05 Å². The van der Waals surface area contributed by atoms with Gasteiger partial charge in [-0.1, -0.05) is 0 Å². The van der Waals surface area contributed by atoms with Crippen LogP contribution in [0.3, 0.4) is 0 Å². The van der Waals surface area contributed by atoms with Gasteiger partial charge < -0.3 is 11.1 Å². The van der Waals surface area contributed by atoms with E-state index in [2.05, 4.69) is 5.32 Å². The molecule has 64 valence electrons. The van der Waals surface area contributed by atoms with Crippen LogP contribution in [0, 0.1) is 0 Å². The number of rotatable bonds is 2. The molecule has 4 heteroatoms. The van der Waals surface area contributed by atoms with E-state index >= 15 is 0 Å². The summed E-state index contributed by atoms with van der Waals surface area (Å²) in [6.45, 7) is 0.482. The summed E-state index contributed by atoms with van der Waals surface area (Å²) in [5, 5.41) is 2.51. The first-order chi connectivity index (χ1) is 5.68. The molecule has 0 aromatic carbocycles. The number of nitrogens with two attached hydrogens (primary N) is 1. The summed E-state index contributed by atoms with van der Waals surface area (Å²) in [5.74, 6) is 0. The Bertz CT molecular complexity index is 268. The van der Waals surface area contributed by atoms with E-state index in [-0.39, 0.29) is 0 Å². The van der Waals surface area contributed by atoms with Gasteiger partial charge in [-0.15, -0.1) is 0 Å². The molecule has 0 aliphatic carbocycles. The minimum Gasteiger partial charge on any atom is -0.352 e. The SMILES string of the molecule is C[n+]1ccc(CNC(N)=O)cc1. The predicted molar refractivity (Wildman–Crippen MR) is 44.0 cm³/mol. The number of nitrogens with one attached hydrogen (secondary N) is 1. The van der Waals surface area contributed by atoms with Crippen molar-refractivity contribution in [2.45, 2.75) is 6.54 Å². The molecule has 1 aromatic rings. The van der Waals surface area contributed by atoms with E-state index in [0.717, 1.165) is 5.56 Å². The molecule has 0 spiro atoms. The van der Waals surface area contributed by atoms with Crippen molar-refractivity contribution in [1.82, 2.24) is 5.32 Å². The van der Waals surface area contributed by atoms with Crippen LogP contribution < -0.4 is 15.6 Å². The normalized spacial score (nSPS) is 9.42. The Kier molecular flexibility index (Phi) is 2.63. The van der Waals surface area contributed by atoms with Gasteiger partial charge >= 0.3 is 6.03 Å². The second-order valence-electron chi connectivity index (χ2n) is 2.59. The molecule has 0 aliphatic heterocycles. The number of aromatic nitrogens is 1. The van der Waals surface area contributed by atoms with Gasteiger partial charge in [0.2, 0.25) is 0 Å². The minimum absolute atomic E-state index is 0.482. The second-order valence-corrected chi connectivity index (χ2v) is 2.59. The summed E-state index contributed by atoms with van der Waals surface area (Å²) in [7, 11) is 1.94. The number of nitrogens with zero attached hydrogens (tertiary/aromatic N) is 1. The number of carbonyl (C=O) groups is 1. The Labute approximate surface area is 71.0 Å². The number of primary amides is 1. The molecule has 1 heterocycles. The Hall–Kier alpha value is -1.58. The summed E-state index contributed by atoms with van der Waals surface area (Å²) in [4.78, 5) is 10.3. The van der Waals surface area contributed by atoms with Gasteiger partial charge in [-0.05, 0) is 5.56 Å². The third-order valence-corrected chi connectivity index (χ3v) is 1.51. The van der Waals surface area contributed by atoms with Crippen molar-refractivity contribution < 1.29 is 9.36 Å². The van der Waals surface area contributed by atoms with Crippen LogP contribution in [0.4, 0.5) is 4.79 Å². The molecule has 4 nitrogen and oxygen atoms in total. The maximum absolute atomic E-state index is 10.3. The van der Waals surface area contributed by atoms with Gasteiger partial charge in [-0.25, -0.2) is 9.36 Å². The molecule has 0 fully saturated rings. The Morgan fingerprint density at radius 3 is 2.67 bits per heavy atom. The first-order valence-corrected chi connectivity index (χ1v) is 3.66. The van der Waals surface area contributed by atoms with Crippen molar-refractivity contribution in [3.63, 3.8) is 0 Å². The van der Waals surface area contributed by atoms with Crippen LogP contribution in [0.5, 0.6) is 0 Å². The molecule has 0 atom stereocenters. The van der Waals surface area contributed by atoms with Crippen LogP contribution >= 0.6 is 0 Å². The molecule has 0 saturated heterocycles. The van der Waals surface area contributed by atoms with Gasteiger partial charge in [0.25, 0.3) is 0 Å². The first-order valence-electron chi connectivity index (χ1n) is 3.66. The van der Waals surface area contributed by atoms with E-state index < -0.39 is 6.03 Å². The number of amides is 2. The minimum atomic E-state index is -0.497. The summed E-state index contributed by atoms with van der Waals surface area (Å²) in [6.07, 6.45) is 3.83. The molecule has 2 amide bonds.